The molecule has 4 fully saturated rings. The molecule has 0 amide bonds. The molecule has 0 atom stereocenters. The molecular formula is C17H21BrO. The number of hydrogen-bond acceptors (Lipinski definition) is 1. The first-order valence-electron chi connectivity index (χ1n) is 7.58. The van der Waals surface area contributed by atoms with Gasteiger partial charge in [0.15, 0.2) is 0 Å². The van der Waals surface area contributed by atoms with E-state index >= 15 is 0 Å². The lowest BCUT2D eigenvalue weighted by Crippen LogP contribution is -2.59. The van der Waals surface area contributed by atoms with Crippen molar-refractivity contribution >= 4 is 15.9 Å². The van der Waals surface area contributed by atoms with Crippen molar-refractivity contribution < 1.29 is 4.74 Å². The van der Waals surface area contributed by atoms with Gasteiger partial charge in [0.2, 0.25) is 0 Å². The van der Waals surface area contributed by atoms with Gasteiger partial charge in [-0.15, -0.1) is 0 Å². The molecule has 0 saturated heterocycles. The summed E-state index contributed by atoms with van der Waals surface area (Å²) in [6.45, 7) is 2.38. The standard InChI is InChI=1S/C17H21BrO/c1-17(19-16-4-2-15(18)3-5-16)13-7-11-6-12(9-13)10-14(17)8-11/h2-5,11-14H,6-10H2,1H3. The van der Waals surface area contributed by atoms with Gasteiger partial charge in [0.05, 0.1) is 0 Å². The minimum atomic E-state index is 0.0846. The van der Waals surface area contributed by atoms with Gasteiger partial charge in [-0.3, -0.25) is 0 Å². The zero-order valence-corrected chi connectivity index (χ0v) is 13.0. The maximum atomic E-state index is 6.51. The largest absolute Gasteiger partial charge is 0.487 e. The summed E-state index contributed by atoms with van der Waals surface area (Å²) < 4.78 is 7.63. The van der Waals surface area contributed by atoms with Crippen LogP contribution in [-0.4, -0.2) is 5.60 Å². The van der Waals surface area contributed by atoms with Crippen molar-refractivity contribution in [2.45, 2.75) is 44.6 Å². The third kappa shape index (κ3) is 1.94. The fourth-order valence-corrected chi connectivity index (χ4v) is 5.31. The fraction of sp³-hybridized carbons (Fsp3) is 0.647. The highest BCUT2D eigenvalue weighted by atomic mass is 79.9. The third-order valence-electron chi connectivity index (χ3n) is 5.91. The van der Waals surface area contributed by atoms with E-state index in [1.807, 2.05) is 0 Å². The molecule has 102 valence electrons. The van der Waals surface area contributed by atoms with E-state index in [9.17, 15) is 0 Å². The van der Waals surface area contributed by atoms with E-state index in [2.05, 4.69) is 47.1 Å². The Morgan fingerprint density at radius 3 is 2.00 bits per heavy atom. The van der Waals surface area contributed by atoms with Gasteiger partial charge >= 0.3 is 0 Å². The summed E-state index contributed by atoms with van der Waals surface area (Å²) in [4.78, 5) is 0. The van der Waals surface area contributed by atoms with E-state index in [-0.39, 0.29) is 5.60 Å². The second-order valence-electron chi connectivity index (χ2n) is 7.04. The van der Waals surface area contributed by atoms with Crippen LogP contribution in [0.5, 0.6) is 5.75 Å². The molecule has 4 saturated carbocycles. The average molecular weight is 321 g/mol. The molecule has 1 nitrogen and oxygen atoms in total. The van der Waals surface area contributed by atoms with Gasteiger partial charge in [0, 0.05) is 4.47 Å². The number of benzene rings is 1. The Balaban J connectivity index is 1.61. The Morgan fingerprint density at radius 2 is 1.47 bits per heavy atom. The van der Waals surface area contributed by atoms with E-state index < -0.39 is 0 Å². The lowest BCUT2D eigenvalue weighted by atomic mass is 9.50. The van der Waals surface area contributed by atoms with Crippen molar-refractivity contribution in [3.05, 3.63) is 28.7 Å². The fourth-order valence-electron chi connectivity index (χ4n) is 5.04. The van der Waals surface area contributed by atoms with Crippen molar-refractivity contribution in [2.75, 3.05) is 0 Å². The van der Waals surface area contributed by atoms with Crippen molar-refractivity contribution in [1.29, 1.82) is 0 Å². The Morgan fingerprint density at radius 1 is 0.947 bits per heavy atom. The summed E-state index contributed by atoms with van der Waals surface area (Å²) >= 11 is 3.49. The number of halogens is 1. The molecule has 0 aliphatic heterocycles. The normalized spacial score (nSPS) is 43.5. The summed E-state index contributed by atoms with van der Waals surface area (Å²) in [6, 6.07) is 8.35. The molecule has 5 rings (SSSR count). The Bertz CT molecular complexity index is 451. The topological polar surface area (TPSA) is 9.23 Å². The quantitative estimate of drug-likeness (QED) is 0.741. The van der Waals surface area contributed by atoms with Crippen LogP contribution in [0.2, 0.25) is 0 Å². The second-order valence-corrected chi connectivity index (χ2v) is 7.96. The van der Waals surface area contributed by atoms with Crippen LogP contribution >= 0.6 is 15.9 Å². The van der Waals surface area contributed by atoms with Crippen molar-refractivity contribution in [2.24, 2.45) is 23.7 Å². The highest BCUT2D eigenvalue weighted by molar-refractivity contribution is 9.10. The van der Waals surface area contributed by atoms with Crippen LogP contribution in [0, 0.1) is 23.7 Å². The summed E-state index contributed by atoms with van der Waals surface area (Å²) in [6.07, 6.45) is 7.11. The minimum absolute atomic E-state index is 0.0846. The van der Waals surface area contributed by atoms with Crippen LogP contribution in [-0.2, 0) is 0 Å². The number of hydrogen-bond donors (Lipinski definition) is 0. The molecule has 4 aliphatic carbocycles. The predicted octanol–water partition coefficient (Wildman–Crippen LogP) is 5.04. The second kappa shape index (κ2) is 4.25. The first-order valence-corrected chi connectivity index (χ1v) is 8.37. The monoisotopic (exact) mass is 320 g/mol. The molecule has 19 heavy (non-hydrogen) atoms. The van der Waals surface area contributed by atoms with Gasteiger partial charge in [0.1, 0.15) is 11.4 Å². The van der Waals surface area contributed by atoms with Gasteiger partial charge in [-0.2, -0.15) is 0 Å². The Labute approximate surface area is 123 Å². The summed E-state index contributed by atoms with van der Waals surface area (Å²) in [7, 11) is 0. The molecule has 0 heterocycles. The van der Waals surface area contributed by atoms with Gasteiger partial charge in [-0.1, -0.05) is 15.9 Å². The third-order valence-corrected chi connectivity index (χ3v) is 6.44. The SMILES string of the molecule is CC1(Oc2ccc(Br)cc2)C2CC3CC(C2)CC1C3. The zero-order valence-electron chi connectivity index (χ0n) is 11.4. The molecule has 0 aromatic heterocycles. The first-order chi connectivity index (χ1) is 9.13. The molecule has 0 spiro atoms. The van der Waals surface area contributed by atoms with Crippen molar-refractivity contribution in [1.82, 2.24) is 0 Å². The lowest BCUT2D eigenvalue weighted by Gasteiger charge is -2.59. The van der Waals surface area contributed by atoms with E-state index in [1.54, 1.807) is 0 Å². The van der Waals surface area contributed by atoms with E-state index in [0.717, 1.165) is 33.9 Å². The average Bonchev–Trinajstić information content (AvgIpc) is 2.38. The zero-order chi connectivity index (χ0) is 13.0. The van der Waals surface area contributed by atoms with Crippen LogP contribution < -0.4 is 4.74 Å². The van der Waals surface area contributed by atoms with Crippen LogP contribution in [0.4, 0.5) is 0 Å². The maximum absolute atomic E-state index is 6.51. The number of ether oxygens (including phenoxy) is 1. The van der Waals surface area contributed by atoms with Gasteiger partial charge < -0.3 is 4.74 Å². The van der Waals surface area contributed by atoms with Crippen molar-refractivity contribution in [3.8, 4) is 5.75 Å². The molecule has 4 aliphatic rings. The molecule has 2 heteroatoms. The van der Waals surface area contributed by atoms with Crippen LogP contribution in [0.1, 0.15) is 39.0 Å². The van der Waals surface area contributed by atoms with Gasteiger partial charge in [0.25, 0.3) is 0 Å². The molecule has 1 aromatic rings. The first kappa shape index (κ1) is 12.3. The number of rotatable bonds is 2. The van der Waals surface area contributed by atoms with Crippen LogP contribution in [0.3, 0.4) is 0 Å². The summed E-state index contributed by atoms with van der Waals surface area (Å²) in [5.41, 5.74) is 0.0846. The Kier molecular flexibility index (Phi) is 2.74. The van der Waals surface area contributed by atoms with E-state index in [1.165, 1.54) is 32.1 Å². The molecule has 1 aromatic carbocycles. The van der Waals surface area contributed by atoms with Crippen LogP contribution in [0.15, 0.2) is 28.7 Å². The molecule has 4 bridgehead atoms. The highest BCUT2D eigenvalue weighted by Crippen LogP contribution is 2.59. The van der Waals surface area contributed by atoms with Crippen molar-refractivity contribution in [3.63, 3.8) is 0 Å². The highest BCUT2D eigenvalue weighted by Gasteiger charge is 2.56. The van der Waals surface area contributed by atoms with Gasteiger partial charge in [-0.25, -0.2) is 0 Å². The smallest absolute Gasteiger partial charge is 0.120 e. The Hall–Kier alpha value is -0.500. The summed E-state index contributed by atoms with van der Waals surface area (Å²) in [5, 5.41) is 0. The molecule has 0 unspecified atom stereocenters. The van der Waals surface area contributed by atoms with E-state index in [4.69, 9.17) is 4.74 Å². The summed E-state index contributed by atoms with van der Waals surface area (Å²) in [5.74, 6) is 4.62. The maximum Gasteiger partial charge on any atom is 0.120 e. The lowest BCUT2D eigenvalue weighted by molar-refractivity contribution is -0.145. The molecule has 0 N–H and O–H groups in total. The van der Waals surface area contributed by atoms with E-state index in [0.29, 0.717) is 0 Å². The predicted molar refractivity (Wildman–Crippen MR) is 80.2 cm³/mol. The van der Waals surface area contributed by atoms with Crippen LogP contribution in [0.25, 0.3) is 0 Å². The van der Waals surface area contributed by atoms with Gasteiger partial charge in [-0.05, 0) is 87.0 Å². The molecule has 0 radical (unpaired) electrons. The minimum Gasteiger partial charge on any atom is -0.487 e. The molecular weight excluding hydrogens is 300 g/mol.